The number of hydrogen-bond acceptors (Lipinski definition) is 3. The maximum absolute atomic E-state index is 4.19. The van der Waals surface area contributed by atoms with E-state index in [2.05, 4.69) is 41.9 Å². The van der Waals surface area contributed by atoms with Crippen LogP contribution < -0.4 is 5.32 Å². The van der Waals surface area contributed by atoms with Gasteiger partial charge in [-0.05, 0) is 33.1 Å². The molecule has 1 N–H and O–H groups in total. The van der Waals surface area contributed by atoms with Crippen LogP contribution in [-0.4, -0.2) is 27.6 Å². The molecule has 1 unspecified atom stereocenters. The molecule has 0 saturated heterocycles. The van der Waals surface area contributed by atoms with Gasteiger partial charge in [-0.25, -0.2) is 4.98 Å². The van der Waals surface area contributed by atoms with Crippen molar-refractivity contribution in [3.8, 4) is 0 Å². The highest BCUT2D eigenvalue weighted by Crippen LogP contribution is 2.10. The molecule has 0 saturated carbocycles. The summed E-state index contributed by atoms with van der Waals surface area (Å²) in [6.07, 6.45) is 7.24. The highest BCUT2D eigenvalue weighted by molar-refractivity contribution is 7.99. The molecule has 1 aromatic heterocycles. The molecule has 16 heavy (non-hydrogen) atoms. The molecule has 0 aliphatic carbocycles. The van der Waals surface area contributed by atoms with Gasteiger partial charge in [-0.15, -0.1) is 0 Å². The Morgan fingerprint density at radius 1 is 1.44 bits per heavy atom. The largest absolute Gasteiger partial charge is 0.331 e. The van der Waals surface area contributed by atoms with Gasteiger partial charge in [0.2, 0.25) is 0 Å². The Hall–Kier alpha value is -0.480. The lowest BCUT2D eigenvalue weighted by atomic mass is 10.3. The van der Waals surface area contributed by atoms with Crippen LogP contribution in [0.4, 0.5) is 0 Å². The van der Waals surface area contributed by atoms with Crippen LogP contribution in [-0.2, 0) is 6.54 Å². The second kappa shape index (κ2) is 6.97. The molecule has 4 heteroatoms. The third kappa shape index (κ3) is 4.18. The van der Waals surface area contributed by atoms with Crippen molar-refractivity contribution in [3.05, 3.63) is 18.2 Å². The van der Waals surface area contributed by atoms with Crippen molar-refractivity contribution in [2.75, 3.05) is 12.8 Å². The van der Waals surface area contributed by atoms with E-state index in [1.165, 1.54) is 12.1 Å². The van der Waals surface area contributed by atoms with E-state index in [-0.39, 0.29) is 0 Å². The van der Waals surface area contributed by atoms with Crippen molar-refractivity contribution in [2.24, 2.45) is 0 Å². The van der Waals surface area contributed by atoms with Gasteiger partial charge in [-0.3, -0.25) is 0 Å². The van der Waals surface area contributed by atoms with Gasteiger partial charge in [0.1, 0.15) is 0 Å². The molecular formula is C12H23N3S. The quantitative estimate of drug-likeness (QED) is 0.744. The summed E-state index contributed by atoms with van der Waals surface area (Å²) in [6.45, 7) is 8.62. The normalized spacial score (nSPS) is 13.3. The lowest BCUT2D eigenvalue weighted by Gasteiger charge is -2.13. The monoisotopic (exact) mass is 241 g/mol. The molecule has 0 bridgehead atoms. The van der Waals surface area contributed by atoms with E-state index in [1.54, 1.807) is 0 Å². The Balaban J connectivity index is 2.29. The highest BCUT2D eigenvalue weighted by Gasteiger charge is 2.04. The molecule has 0 aliphatic rings. The number of thioether (sulfide) groups is 1. The molecule has 1 rings (SSSR count). The molecule has 0 fully saturated rings. The van der Waals surface area contributed by atoms with Crippen LogP contribution in [0.25, 0.3) is 0 Å². The average molecular weight is 241 g/mol. The number of nitrogens with zero attached hydrogens (tertiary/aromatic N) is 2. The predicted molar refractivity (Wildman–Crippen MR) is 71.9 cm³/mol. The van der Waals surface area contributed by atoms with Crippen LogP contribution in [0.15, 0.2) is 12.5 Å². The van der Waals surface area contributed by atoms with Gasteiger partial charge in [0.05, 0.1) is 12.0 Å². The zero-order valence-corrected chi connectivity index (χ0v) is 11.5. The molecule has 1 atom stereocenters. The van der Waals surface area contributed by atoms with Crippen LogP contribution in [0.3, 0.4) is 0 Å². The minimum absolute atomic E-state index is 0.490. The number of imidazole rings is 1. The minimum atomic E-state index is 0.490. The third-order valence-electron chi connectivity index (χ3n) is 2.74. The molecular weight excluding hydrogens is 218 g/mol. The Morgan fingerprint density at radius 2 is 2.19 bits per heavy atom. The Kier molecular flexibility index (Phi) is 5.91. The fraction of sp³-hybridized carbons (Fsp3) is 0.750. The zero-order valence-electron chi connectivity index (χ0n) is 10.7. The van der Waals surface area contributed by atoms with Crippen LogP contribution in [0.1, 0.15) is 38.9 Å². The molecule has 0 amide bonds. The minimum Gasteiger partial charge on any atom is -0.331 e. The third-order valence-corrected chi connectivity index (χ3v) is 3.78. The fourth-order valence-corrected chi connectivity index (χ4v) is 1.93. The maximum atomic E-state index is 4.19. The summed E-state index contributed by atoms with van der Waals surface area (Å²) in [4.78, 5) is 4.19. The second-order valence-corrected chi connectivity index (χ2v) is 5.67. The van der Waals surface area contributed by atoms with Gasteiger partial charge >= 0.3 is 0 Å². The van der Waals surface area contributed by atoms with E-state index < -0.39 is 0 Å². The molecule has 0 radical (unpaired) electrons. The summed E-state index contributed by atoms with van der Waals surface area (Å²) in [7, 11) is 0. The number of nitrogens with one attached hydrogen (secondary N) is 1. The number of hydrogen-bond donors (Lipinski definition) is 1. The van der Waals surface area contributed by atoms with E-state index in [0.29, 0.717) is 6.04 Å². The van der Waals surface area contributed by atoms with Crippen molar-refractivity contribution in [1.82, 2.24) is 14.9 Å². The molecule has 3 nitrogen and oxygen atoms in total. The first kappa shape index (κ1) is 13.6. The van der Waals surface area contributed by atoms with Crippen molar-refractivity contribution >= 4 is 11.8 Å². The second-order valence-electron chi connectivity index (χ2n) is 4.40. The van der Waals surface area contributed by atoms with E-state index in [0.717, 1.165) is 18.3 Å². The molecule has 0 spiro atoms. The Morgan fingerprint density at radius 3 is 2.81 bits per heavy atom. The first-order valence-electron chi connectivity index (χ1n) is 5.89. The van der Waals surface area contributed by atoms with Crippen LogP contribution in [0, 0.1) is 0 Å². The molecule has 1 heterocycles. The van der Waals surface area contributed by atoms with E-state index in [9.17, 15) is 0 Å². The van der Waals surface area contributed by atoms with Crippen molar-refractivity contribution < 1.29 is 0 Å². The Labute approximate surface area is 103 Å². The lowest BCUT2D eigenvalue weighted by Crippen LogP contribution is -2.20. The number of rotatable bonds is 7. The van der Waals surface area contributed by atoms with Gasteiger partial charge in [0.15, 0.2) is 0 Å². The molecule has 92 valence electrons. The average Bonchev–Trinajstić information content (AvgIpc) is 2.72. The van der Waals surface area contributed by atoms with Crippen LogP contribution in [0.2, 0.25) is 0 Å². The summed E-state index contributed by atoms with van der Waals surface area (Å²) >= 11 is 1.92. The number of aromatic nitrogens is 2. The summed E-state index contributed by atoms with van der Waals surface area (Å²) < 4.78 is 2.21. The first-order valence-corrected chi connectivity index (χ1v) is 7.18. The van der Waals surface area contributed by atoms with Gasteiger partial charge in [-0.1, -0.05) is 6.92 Å². The van der Waals surface area contributed by atoms with Crippen LogP contribution in [0.5, 0.6) is 0 Å². The van der Waals surface area contributed by atoms with Crippen LogP contribution >= 0.6 is 11.8 Å². The standard InChI is InChI=1S/C12H23N3S/c1-10(2)15-9-14-8-12(15)7-13-6-5-11(3)16-4/h8-11,13H,5-7H2,1-4H3. The SMILES string of the molecule is CSC(C)CCNCc1cncn1C(C)C. The highest BCUT2D eigenvalue weighted by atomic mass is 32.2. The summed E-state index contributed by atoms with van der Waals surface area (Å²) in [6, 6.07) is 0.490. The Bertz CT molecular complexity index is 296. The van der Waals surface area contributed by atoms with Gasteiger partial charge < -0.3 is 9.88 Å². The predicted octanol–water partition coefficient (Wildman–Crippen LogP) is 2.70. The first-order chi connectivity index (χ1) is 7.65. The van der Waals surface area contributed by atoms with Crippen molar-refractivity contribution in [3.63, 3.8) is 0 Å². The molecule has 0 aromatic carbocycles. The van der Waals surface area contributed by atoms with Crippen molar-refractivity contribution in [1.29, 1.82) is 0 Å². The fourth-order valence-electron chi connectivity index (χ4n) is 1.57. The van der Waals surface area contributed by atoms with E-state index in [1.807, 2.05) is 24.3 Å². The van der Waals surface area contributed by atoms with Crippen molar-refractivity contribution in [2.45, 2.75) is 45.0 Å². The van der Waals surface area contributed by atoms with E-state index in [4.69, 9.17) is 0 Å². The topological polar surface area (TPSA) is 29.9 Å². The molecule has 0 aliphatic heterocycles. The van der Waals surface area contributed by atoms with Gasteiger partial charge in [0, 0.05) is 24.0 Å². The van der Waals surface area contributed by atoms with Gasteiger partial charge in [-0.2, -0.15) is 11.8 Å². The summed E-state index contributed by atoms with van der Waals surface area (Å²) in [5, 5.41) is 4.21. The smallest absolute Gasteiger partial charge is 0.0951 e. The maximum Gasteiger partial charge on any atom is 0.0951 e. The van der Waals surface area contributed by atoms with Gasteiger partial charge in [0.25, 0.3) is 0 Å². The van der Waals surface area contributed by atoms with E-state index >= 15 is 0 Å². The molecule has 1 aromatic rings. The zero-order chi connectivity index (χ0) is 12.0. The lowest BCUT2D eigenvalue weighted by molar-refractivity contribution is 0.546. The summed E-state index contributed by atoms with van der Waals surface area (Å²) in [5.41, 5.74) is 1.27. The summed E-state index contributed by atoms with van der Waals surface area (Å²) in [5.74, 6) is 0.